The first kappa shape index (κ1) is 18.1. The second kappa shape index (κ2) is 7.24. The Morgan fingerprint density at radius 1 is 1.07 bits per heavy atom. The zero-order chi connectivity index (χ0) is 20.1. The van der Waals surface area contributed by atoms with Gasteiger partial charge in [0.15, 0.2) is 0 Å². The van der Waals surface area contributed by atoms with Crippen molar-refractivity contribution < 1.29 is 4.79 Å². The summed E-state index contributed by atoms with van der Waals surface area (Å²) < 4.78 is 2.06. The zero-order valence-electron chi connectivity index (χ0n) is 17.3. The number of aromatic nitrogens is 2. The highest BCUT2D eigenvalue weighted by Gasteiger charge is 2.38. The third-order valence-corrected chi connectivity index (χ3v) is 7.56. The van der Waals surface area contributed by atoms with Crippen molar-refractivity contribution >= 4 is 11.6 Å². The van der Waals surface area contributed by atoms with Gasteiger partial charge in [-0.2, -0.15) is 0 Å². The van der Waals surface area contributed by atoms with Crippen LogP contribution in [0.3, 0.4) is 0 Å². The summed E-state index contributed by atoms with van der Waals surface area (Å²) in [5.41, 5.74) is 4.73. The number of benzene rings is 1. The van der Waals surface area contributed by atoms with Crippen LogP contribution in [0.5, 0.6) is 0 Å². The molecule has 0 saturated carbocycles. The molecule has 0 unspecified atom stereocenters. The SMILES string of the molecule is O=C(C[C@@H]1CN2CCC1CC2)N1CCc2ccccc2[C@H]1c1ccc2nccn2c1. The molecule has 7 rings (SSSR count). The van der Waals surface area contributed by atoms with E-state index in [2.05, 4.69) is 61.8 Å². The van der Waals surface area contributed by atoms with E-state index in [9.17, 15) is 4.79 Å². The van der Waals surface area contributed by atoms with E-state index in [0.717, 1.165) is 36.6 Å². The van der Waals surface area contributed by atoms with E-state index in [0.29, 0.717) is 18.2 Å². The highest BCUT2D eigenvalue weighted by molar-refractivity contribution is 5.78. The van der Waals surface area contributed by atoms with E-state index in [-0.39, 0.29) is 6.04 Å². The lowest BCUT2D eigenvalue weighted by Gasteiger charge is -2.46. The number of pyridine rings is 1. The monoisotopic (exact) mass is 400 g/mol. The van der Waals surface area contributed by atoms with E-state index in [4.69, 9.17) is 0 Å². The molecule has 30 heavy (non-hydrogen) atoms. The second-order valence-electron chi connectivity index (χ2n) is 9.20. The van der Waals surface area contributed by atoms with Gasteiger partial charge in [0.2, 0.25) is 5.91 Å². The molecular formula is C25H28N4O. The number of fused-ring (bicyclic) bond motifs is 5. The molecule has 3 saturated heterocycles. The van der Waals surface area contributed by atoms with Crippen LogP contribution in [0.15, 0.2) is 55.0 Å². The molecule has 0 spiro atoms. The smallest absolute Gasteiger partial charge is 0.223 e. The molecule has 3 fully saturated rings. The Balaban J connectivity index is 1.34. The lowest BCUT2D eigenvalue weighted by molar-refractivity contribution is -0.136. The Bertz CT molecular complexity index is 1080. The van der Waals surface area contributed by atoms with E-state index < -0.39 is 0 Å². The Kier molecular flexibility index (Phi) is 4.38. The molecule has 2 bridgehead atoms. The molecule has 0 aliphatic carbocycles. The maximum atomic E-state index is 13.6. The first-order chi connectivity index (χ1) is 14.8. The molecule has 2 atom stereocenters. The van der Waals surface area contributed by atoms with Crippen LogP contribution in [0, 0.1) is 11.8 Å². The second-order valence-corrected chi connectivity index (χ2v) is 9.20. The summed E-state index contributed by atoms with van der Waals surface area (Å²) in [5, 5.41) is 0. The van der Waals surface area contributed by atoms with Crippen molar-refractivity contribution in [3.05, 3.63) is 71.7 Å². The van der Waals surface area contributed by atoms with Crippen molar-refractivity contribution in [2.24, 2.45) is 11.8 Å². The summed E-state index contributed by atoms with van der Waals surface area (Å²) in [4.78, 5) is 22.7. The fraction of sp³-hybridized carbons (Fsp3) is 0.440. The topological polar surface area (TPSA) is 40.9 Å². The number of rotatable bonds is 3. The fourth-order valence-corrected chi connectivity index (χ4v) is 5.95. The van der Waals surface area contributed by atoms with Gasteiger partial charge in [-0.05, 0) is 66.9 Å². The number of carbonyl (C=O) groups excluding carboxylic acids is 1. The first-order valence-corrected chi connectivity index (χ1v) is 11.3. The molecule has 5 heteroatoms. The Morgan fingerprint density at radius 3 is 2.77 bits per heavy atom. The number of imidazole rings is 1. The number of carbonyl (C=O) groups is 1. The van der Waals surface area contributed by atoms with Crippen molar-refractivity contribution in [3.63, 3.8) is 0 Å². The predicted molar refractivity (Wildman–Crippen MR) is 116 cm³/mol. The Hall–Kier alpha value is -2.66. The van der Waals surface area contributed by atoms with Gasteiger partial charge in [-0.1, -0.05) is 30.3 Å². The summed E-state index contributed by atoms with van der Waals surface area (Å²) in [6, 6.07) is 12.8. The van der Waals surface area contributed by atoms with Crippen LogP contribution in [-0.2, 0) is 11.2 Å². The van der Waals surface area contributed by atoms with Gasteiger partial charge < -0.3 is 14.2 Å². The maximum Gasteiger partial charge on any atom is 0.223 e. The molecule has 4 aliphatic rings. The largest absolute Gasteiger partial charge is 0.331 e. The third kappa shape index (κ3) is 3.03. The van der Waals surface area contributed by atoms with Gasteiger partial charge in [0, 0.05) is 38.1 Å². The molecule has 6 heterocycles. The van der Waals surface area contributed by atoms with Gasteiger partial charge in [-0.3, -0.25) is 4.79 Å². The summed E-state index contributed by atoms with van der Waals surface area (Å²) in [5.74, 6) is 1.57. The normalized spacial score (nSPS) is 27.9. The summed E-state index contributed by atoms with van der Waals surface area (Å²) in [6.07, 6.45) is 10.1. The third-order valence-electron chi connectivity index (χ3n) is 7.56. The van der Waals surface area contributed by atoms with E-state index in [1.165, 1.54) is 37.1 Å². The predicted octanol–water partition coefficient (Wildman–Crippen LogP) is 3.54. The van der Waals surface area contributed by atoms with Crippen molar-refractivity contribution in [1.82, 2.24) is 19.2 Å². The van der Waals surface area contributed by atoms with Crippen molar-refractivity contribution in [1.29, 1.82) is 0 Å². The van der Waals surface area contributed by atoms with E-state index in [1.54, 1.807) is 0 Å². The van der Waals surface area contributed by atoms with Crippen LogP contribution >= 0.6 is 0 Å². The van der Waals surface area contributed by atoms with Gasteiger partial charge in [-0.15, -0.1) is 0 Å². The van der Waals surface area contributed by atoms with Gasteiger partial charge in [0.25, 0.3) is 0 Å². The quantitative estimate of drug-likeness (QED) is 0.675. The molecule has 0 radical (unpaired) electrons. The van der Waals surface area contributed by atoms with Crippen LogP contribution < -0.4 is 0 Å². The van der Waals surface area contributed by atoms with Crippen molar-refractivity contribution in [2.45, 2.75) is 31.7 Å². The lowest BCUT2D eigenvalue weighted by atomic mass is 9.77. The van der Waals surface area contributed by atoms with Crippen LogP contribution in [-0.4, -0.2) is 51.3 Å². The number of piperidine rings is 3. The molecule has 154 valence electrons. The summed E-state index contributed by atoms with van der Waals surface area (Å²) >= 11 is 0. The van der Waals surface area contributed by atoms with Gasteiger partial charge in [-0.25, -0.2) is 4.98 Å². The number of hydrogen-bond donors (Lipinski definition) is 0. The highest BCUT2D eigenvalue weighted by Crippen LogP contribution is 2.38. The molecule has 4 aliphatic heterocycles. The first-order valence-electron chi connectivity index (χ1n) is 11.3. The van der Waals surface area contributed by atoms with Crippen LogP contribution in [0.2, 0.25) is 0 Å². The van der Waals surface area contributed by atoms with Gasteiger partial charge in [0.1, 0.15) is 5.65 Å². The van der Waals surface area contributed by atoms with E-state index >= 15 is 0 Å². The lowest BCUT2D eigenvalue weighted by Crippen LogP contribution is -2.49. The minimum absolute atomic E-state index is 0.0182. The average Bonchev–Trinajstić information content (AvgIpc) is 3.27. The zero-order valence-corrected chi connectivity index (χ0v) is 17.3. The molecule has 3 aromatic rings. The molecule has 0 N–H and O–H groups in total. The van der Waals surface area contributed by atoms with Crippen LogP contribution in [0.4, 0.5) is 0 Å². The standard InChI is InChI=1S/C25H28N4O/c30-24(15-21-16-27-11-7-18(21)8-12-27)29-13-9-19-3-1-2-4-22(19)25(29)20-5-6-23-26-10-14-28(23)17-20/h1-6,10,14,17-18,21,25H,7-9,11-13,15-16H2/t21-,25-/m1/s1. The summed E-state index contributed by atoms with van der Waals surface area (Å²) in [7, 11) is 0. The Morgan fingerprint density at radius 2 is 1.93 bits per heavy atom. The molecule has 2 aromatic heterocycles. The minimum Gasteiger partial charge on any atom is -0.331 e. The van der Waals surface area contributed by atoms with Crippen molar-refractivity contribution in [2.75, 3.05) is 26.2 Å². The molecule has 1 aromatic carbocycles. The van der Waals surface area contributed by atoms with Crippen LogP contribution in [0.25, 0.3) is 5.65 Å². The van der Waals surface area contributed by atoms with Gasteiger partial charge in [0.05, 0.1) is 6.04 Å². The molecular weight excluding hydrogens is 372 g/mol. The highest BCUT2D eigenvalue weighted by atomic mass is 16.2. The van der Waals surface area contributed by atoms with Crippen LogP contribution in [0.1, 0.15) is 42.0 Å². The van der Waals surface area contributed by atoms with Crippen molar-refractivity contribution in [3.8, 4) is 0 Å². The number of nitrogens with zero attached hydrogens (tertiary/aromatic N) is 4. The average molecular weight is 401 g/mol. The maximum absolute atomic E-state index is 13.6. The van der Waals surface area contributed by atoms with Gasteiger partial charge >= 0.3 is 0 Å². The molecule has 5 nitrogen and oxygen atoms in total. The number of amides is 1. The fourth-order valence-electron chi connectivity index (χ4n) is 5.95. The Labute approximate surface area is 177 Å². The molecule has 1 amide bonds. The van der Waals surface area contributed by atoms with E-state index in [1.807, 2.05) is 12.4 Å². The summed E-state index contributed by atoms with van der Waals surface area (Å²) in [6.45, 7) is 4.34. The minimum atomic E-state index is -0.0182. The number of hydrogen-bond acceptors (Lipinski definition) is 3.